The van der Waals surface area contributed by atoms with Crippen LogP contribution in [-0.4, -0.2) is 43.6 Å². The number of nitrogens with zero attached hydrogens (tertiary/aromatic N) is 1. The van der Waals surface area contributed by atoms with E-state index in [1.165, 1.54) is 0 Å². The van der Waals surface area contributed by atoms with Crippen LogP contribution in [0.5, 0.6) is 5.75 Å². The van der Waals surface area contributed by atoms with Crippen molar-refractivity contribution in [2.75, 3.05) is 26.7 Å². The van der Waals surface area contributed by atoms with Crippen molar-refractivity contribution in [2.24, 2.45) is 5.92 Å². The molecule has 0 unspecified atom stereocenters. The Labute approximate surface area is 127 Å². The lowest BCUT2D eigenvalue weighted by molar-refractivity contribution is 0.0702. The molecular formula is C17H26N2O2. The highest BCUT2D eigenvalue weighted by Crippen LogP contribution is 2.18. The average Bonchev–Trinajstić information content (AvgIpc) is 2.52. The molecule has 1 N–H and O–H groups in total. The maximum atomic E-state index is 12.6. The third-order valence-corrected chi connectivity index (χ3v) is 3.84. The molecule has 0 saturated carbocycles. The van der Waals surface area contributed by atoms with Crippen molar-refractivity contribution in [3.8, 4) is 5.75 Å². The number of piperidine rings is 1. The number of benzene rings is 1. The fourth-order valence-electron chi connectivity index (χ4n) is 2.55. The van der Waals surface area contributed by atoms with Crippen molar-refractivity contribution in [3.63, 3.8) is 0 Å². The molecular weight excluding hydrogens is 264 g/mol. The van der Waals surface area contributed by atoms with Gasteiger partial charge in [0.2, 0.25) is 0 Å². The van der Waals surface area contributed by atoms with Gasteiger partial charge in [-0.15, -0.1) is 0 Å². The van der Waals surface area contributed by atoms with Gasteiger partial charge in [0.05, 0.1) is 6.61 Å². The van der Waals surface area contributed by atoms with Gasteiger partial charge in [0.1, 0.15) is 5.75 Å². The molecule has 4 heteroatoms. The molecule has 0 aliphatic carbocycles. The summed E-state index contributed by atoms with van der Waals surface area (Å²) >= 11 is 0. The lowest BCUT2D eigenvalue weighted by Crippen LogP contribution is -2.43. The Hall–Kier alpha value is -1.55. The van der Waals surface area contributed by atoms with Gasteiger partial charge in [-0.25, -0.2) is 0 Å². The molecule has 0 bridgehead atoms. The Bertz CT molecular complexity index is 468. The first-order valence-electron chi connectivity index (χ1n) is 7.78. The summed E-state index contributed by atoms with van der Waals surface area (Å²) in [6.45, 7) is 6.86. The summed E-state index contributed by atoms with van der Waals surface area (Å²) < 4.78 is 5.70. The van der Waals surface area contributed by atoms with E-state index in [2.05, 4.69) is 19.2 Å². The van der Waals surface area contributed by atoms with Gasteiger partial charge >= 0.3 is 0 Å². The van der Waals surface area contributed by atoms with E-state index in [0.717, 1.165) is 31.7 Å². The second-order valence-electron chi connectivity index (χ2n) is 6.13. The summed E-state index contributed by atoms with van der Waals surface area (Å²) in [5.74, 6) is 1.33. The van der Waals surface area contributed by atoms with Gasteiger partial charge < -0.3 is 15.0 Å². The molecule has 1 aliphatic heterocycles. The maximum Gasteiger partial charge on any atom is 0.253 e. The highest BCUT2D eigenvalue weighted by Gasteiger charge is 2.22. The topological polar surface area (TPSA) is 41.6 Å². The number of rotatable bonds is 5. The van der Waals surface area contributed by atoms with Crippen LogP contribution in [0.25, 0.3) is 0 Å². The molecule has 0 aromatic heterocycles. The predicted molar refractivity (Wildman–Crippen MR) is 84.8 cm³/mol. The molecule has 2 rings (SSSR count). The zero-order chi connectivity index (χ0) is 15.2. The smallest absolute Gasteiger partial charge is 0.253 e. The van der Waals surface area contributed by atoms with Crippen LogP contribution in [0.2, 0.25) is 0 Å². The normalized spacial score (nSPS) is 16.0. The molecule has 1 fully saturated rings. The number of hydrogen-bond donors (Lipinski definition) is 1. The van der Waals surface area contributed by atoms with Crippen LogP contribution in [0, 0.1) is 5.92 Å². The summed E-state index contributed by atoms with van der Waals surface area (Å²) in [4.78, 5) is 14.5. The van der Waals surface area contributed by atoms with Crippen LogP contribution in [-0.2, 0) is 0 Å². The van der Waals surface area contributed by atoms with Crippen molar-refractivity contribution in [3.05, 3.63) is 29.8 Å². The zero-order valence-corrected chi connectivity index (χ0v) is 13.3. The highest BCUT2D eigenvalue weighted by molar-refractivity contribution is 5.94. The Balaban J connectivity index is 2.02. The summed E-state index contributed by atoms with van der Waals surface area (Å²) in [5, 5.41) is 3.33. The van der Waals surface area contributed by atoms with Crippen molar-refractivity contribution in [1.82, 2.24) is 10.2 Å². The minimum Gasteiger partial charge on any atom is -0.493 e. The monoisotopic (exact) mass is 290 g/mol. The molecule has 1 heterocycles. The van der Waals surface area contributed by atoms with Gasteiger partial charge in [-0.3, -0.25) is 4.79 Å². The molecule has 4 nitrogen and oxygen atoms in total. The van der Waals surface area contributed by atoms with Crippen molar-refractivity contribution < 1.29 is 9.53 Å². The van der Waals surface area contributed by atoms with Crippen LogP contribution in [0.15, 0.2) is 24.3 Å². The fourth-order valence-corrected chi connectivity index (χ4v) is 2.55. The minimum atomic E-state index is 0.0805. The molecule has 1 saturated heterocycles. The minimum absolute atomic E-state index is 0.0805. The molecule has 1 aliphatic rings. The van der Waals surface area contributed by atoms with Gasteiger partial charge in [-0.05, 0) is 50.0 Å². The predicted octanol–water partition coefficient (Wildman–Crippen LogP) is 2.55. The summed E-state index contributed by atoms with van der Waals surface area (Å²) in [6, 6.07) is 7.84. The molecule has 1 aromatic carbocycles. The largest absolute Gasteiger partial charge is 0.493 e. The van der Waals surface area contributed by atoms with Crippen LogP contribution in [0.3, 0.4) is 0 Å². The van der Waals surface area contributed by atoms with E-state index >= 15 is 0 Å². The van der Waals surface area contributed by atoms with Crippen LogP contribution in [0.4, 0.5) is 0 Å². The Morgan fingerprint density at radius 2 is 2.10 bits per heavy atom. The first kappa shape index (κ1) is 15.8. The van der Waals surface area contributed by atoms with Gasteiger partial charge in [-0.2, -0.15) is 0 Å². The molecule has 0 atom stereocenters. The third kappa shape index (κ3) is 4.46. The van der Waals surface area contributed by atoms with E-state index in [-0.39, 0.29) is 5.91 Å². The first-order chi connectivity index (χ1) is 10.1. The number of amides is 1. The van der Waals surface area contributed by atoms with Gasteiger partial charge in [-0.1, -0.05) is 19.9 Å². The number of carbonyl (C=O) groups excluding carboxylic acids is 1. The highest BCUT2D eigenvalue weighted by atomic mass is 16.5. The molecule has 0 spiro atoms. The van der Waals surface area contributed by atoms with E-state index in [4.69, 9.17) is 4.74 Å². The summed E-state index contributed by atoms with van der Waals surface area (Å²) in [5.41, 5.74) is 0.706. The van der Waals surface area contributed by atoms with Gasteiger partial charge in [0, 0.05) is 18.7 Å². The van der Waals surface area contributed by atoms with Crippen molar-refractivity contribution >= 4 is 5.91 Å². The fraction of sp³-hybridized carbons (Fsp3) is 0.588. The lowest BCUT2D eigenvalue weighted by Gasteiger charge is -2.31. The van der Waals surface area contributed by atoms with Crippen LogP contribution < -0.4 is 10.1 Å². The third-order valence-electron chi connectivity index (χ3n) is 3.84. The molecule has 21 heavy (non-hydrogen) atoms. The van der Waals surface area contributed by atoms with E-state index in [1.807, 2.05) is 36.2 Å². The van der Waals surface area contributed by atoms with E-state index in [1.54, 1.807) is 0 Å². The Morgan fingerprint density at radius 3 is 2.76 bits per heavy atom. The SMILES string of the molecule is CC(C)COc1cccc(C(=O)N(C)C2CCNCC2)c1. The zero-order valence-electron chi connectivity index (χ0n) is 13.3. The second-order valence-corrected chi connectivity index (χ2v) is 6.13. The second kappa shape index (κ2) is 7.46. The van der Waals surface area contributed by atoms with Crippen molar-refractivity contribution in [2.45, 2.75) is 32.7 Å². The van der Waals surface area contributed by atoms with Crippen LogP contribution >= 0.6 is 0 Å². The van der Waals surface area contributed by atoms with E-state index in [9.17, 15) is 4.79 Å². The van der Waals surface area contributed by atoms with Gasteiger partial charge in [0.25, 0.3) is 5.91 Å². The number of nitrogens with one attached hydrogen (secondary N) is 1. The summed E-state index contributed by atoms with van der Waals surface area (Å²) in [6.07, 6.45) is 2.04. The summed E-state index contributed by atoms with van der Waals surface area (Å²) in [7, 11) is 1.90. The Kier molecular flexibility index (Phi) is 5.62. The van der Waals surface area contributed by atoms with E-state index < -0.39 is 0 Å². The van der Waals surface area contributed by atoms with Crippen LogP contribution in [0.1, 0.15) is 37.0 Å². The lowest BCUT2D eigenvalue weighted by atomic mass is 10.0. The molecule has 116 valence electrons. The van der Waals surface area contributed by atoms with Crippen molar-refractivity contribution in [1.29, 1.82) is 0 Å². The number of hydrogen-bond acceptors (Lipinski definition) is 3. The Morgan fingerprint density at radius 1 is 1.38 bits per heavy atom. The number of carbonyl (C=O) groups is 1. The molecule has 1 amide bonds. The standard InChI is InChI=1S/C17H26N2O2/c1-13(2)12-21-16-6-4-5-14(11-16)17(20)19(3)15-7-9-18-10-8-15/h4-6,11,13,15,18H,7-10,12H2,1-3H3. The first-order valence-corrected chi connectivity index (χ1v) is 7.78. The van der Waals surface area contributed by atoms with E-state index in [0.29, 0.717) is 24.1 Å². The number of ether oxygens (including phenoxy) is 1. The average molecular weight is 290 g/mol. The quantitative estimate of drug-likeness (QED) is 0.906. The van der Waals surface area contributed by atoms with Gasteiger partial charge in [0.15, 0.2) is 0 Å². The maximum absolute atomic E-state index is 12.6. The molecule has 1 aromatic rings. The molecule has 0 radical (unpaired) electrons.